The average molecular weight is 191 g/mol. The molecule has 0 atom stereocenters. The highest BCUT2D eigenvalue weighted by Gasteiger charge is 1.97. The summed E-state index contributed by atoms with van der Waals surface area (Å²) in [4.78, 5) is 13.9. The van der Waals surface area contributed by atoms with Crippen LogP contribution >= 0.6 is 0 Å². The number of nitriles is 1. The fraction of sp³-hybridized carbons (Fsp3) is 0.222. The fourth-order valence-electron chi connectivity index (χ4n) is 1.00. The van der Waals surface area contributed by atoms with Crippen LogP contribution in [-0.4, -0.2) is 22.7 Å². The summed E-state index contributed by atoms with van der Waals surface area (Å²) in [7, 11) is 0. The van der Waals surface area contributed by atoms with Crippen LogP contribution in [-0.2, 0) is 6.42 Å². The summed E-state index contributed by atoms with van der Waals surface area (Å²) < 4.78 is 0. The Morgan fingerprint density at radius 2 is 2.50 bits per heavy atom. The van der Waals surface area contributed by atoms with Crippen molar-refractivity contribution >= 4 is 6.09 Å². The van der Waals surface area contributed by atoms with Crippen LogP contribution in [0.15, 0.2) is 18.3 Å². The van der Waals surface area contributed by atoms with Gasteiger partial charge in [0, 0.05) is 12.7 Å². The van der Waals surface area contributed by atoms with Crippen LogP contribution in [0.4, 0.5) is 4.79 Å². The molecule has 1 heterocycles. The van der Waals surface area contributed by atoms with E-state index in [1.54, 1.807) is 12.1 Å². The molecule has 72 valence electrons. The second-order valence-electron chi connectivity index (χ2n) is 2.64. The zero-order chi connectivity index (χ0) is 10.4. The van der Waals surface area contributed by atoms with Crippen molar-refractivity contribution in [3.8, 4) is 6.07 Å². The van der Waals surface area contributed by atoms with E-state index in [0.717, 1.165) is 5.56 Å². The molecular weight excluding hydrogens is 182 g/mol. The van der Waals surface area contributed by atoms with E-state index >= 15 is 0 Å². The molecule has 0 radical (unpaired) electrons. The first kappa shape index (κ1) is 9.99. The van der Waals surface area contributed by atoms with Crippen molar-refractivity contribution in [3.63, 3.8) is 0 Å². The summed E-state index contributed by atoms with van der Waals surface area (Å²) in [5, 5.41) is 19.1. The molecule has 1 rings (SSSR count). The highest BCUT2D eigenvalue weighted by Crippen LogP contribution is 2.00. The number of nitrogens with zero attached hydrogens (tertiary/aromatic N) is 2. The monoisotopic (exact) mass is 191 g/mol. The molecule has 0 unspecified atom stereocenters. The first-order valence-corrected chi connectivity index (χ1v) is 4.04. The van der Waals surface area contributed by atoms with Crippen LogP contribution in [0.25, 0.3) is 0 Å². The van der Waals surface area contributed by atoms with Gasteiger partial charge in [-0.2, -0.15) is 5.26 Å². The number of pyridine rings is 1. The summed E-state index contributed by atoms with van der Waals surface area (Å²) in [6.45, 7) is 0.338. The molecule has 2 N–H and O–H groups in total. The quantitative estimate of drug-likeness (QED) is 0.738. The Labute approximate surface area is 81.0 Å². The van der Waals surface area contributed by atoms with Gasteiger partial charge in [0.1, 0.15) is 11.8 Å². The molecule has 0 spiro atoms. The van der Waals surface area contributed by atoms with Crippen LogP contribution < -0.4 is 5.32 Å². The van der Waals surface area contributed by atoms with Gasteiger partial charge >= 0.3 is 6.09 Å². The van der Waals surface area contributed by atoms with E-state index in [1.165, 1.54) is 6.20 Å². The molecule has 0 saturated carbocycles. The lowest BCUT2D eigenvalue weighted by Gasteiger charge is -2.00. The summed E-state index contributed by atoms with van der Waals surface area (Å²) in [6, 6.07) is 5.32. The highest BCUT2D eigenvalue weighted by molar-refractivity contribution is 5.64. The van der Waals surface area contributed by atoms with Crippen molar-refractivity contribution in [2.45, 2.75) is 6.42 Å². The van der Waals surface area contributed by atoms with Gasteiger partial charge in [0.15, 0.2) is 0 Å². The van der Waals surface area contributed by atoms with E-state index < -0.39 is 6.09 Å². The maximum Gasteiger partial charge on any atom is 0.404 e. The largest absolute Gasteiger partial charge is 0.465 e. The van der Waals surface area contributed by atoms with Gasteiger partial charge in [-0.3, -0.25) is 0 Å². The second-order valence-corrected chi connectivity index (χ2v) is 2.64. The summed E-state index contributed by atoms with van der Waals surface area (Å²) >= 11 is 0. The molecule has 0 aliphatic carbocycles. The van der Waals surface area contributed by atoms with Gasteiger partial charge in [0.2, 0.25) is 0 Å². The molecule has 14 heavy (non-hydrogen) atoms. The standard InChI is InChI=1S/C9H9N3O2/c10-6-8-5-7(1-3-11-8)2-4-12-9(13)14/h1,3,5,12H,2,4H2,(H,13,14). The van der Waals surface area contributed by atoms with Crippen molar-refractivity contribution < 1.29 is 9.90 Å². The minimum Gasteiger partial charge on any atom is -0.465 e. The lowest BCUT2D eigenvalue weighted by Crippen LogP contribution is -2.23. The van der Waals surface area contributed by atoms with Crippen molar-refractivity contribution in [2.75, 3.05) is 6.54 Å². The van der Waals surface area contributed by atoms with Crippen LogP contribution in [0.1, 0.15) is 11.3 Å². The first-order valence-electron chi connectivity index (χ1n) is 4.04. The molecule has 0 saturated heterocycles. The molecule has 0 aliphatic rings. The minimum atomic E-state index is -1.04. The molecule has 5 heteroatoms. The lowest BCUT2D eigenvalue weighted by molar-refractivity contribution is 0.194. The van der Waals surface area contributed by atoms with Crippen molar-refractivity contribution in [2.24, 2.45) is 0 Å². The lowest BCUT2D eigenvalue weighted by atomic mass is 10.2. The smallest absolute Gasteiger partial charge is 0.404 e. The van der Waals surface area contributed by atoms with E-state index in [1.807, 2.05) is 6.07 Å². The predicted molar refractivity (Wildman–Crippen MR) is 48.7 cm³/mol. The topological polar surface area (TPSA) is 86.0 Å². The van der Waals surface area contributed by atoms with Gasteiger partial charge < -0.3 is 10.4 Å². The van der Waals surface area contributed by atoms with E-state index in [4.69, 9.17) is 10.4 Å². The number of hydrogen-bond donors (Lipinski definition) is 2. The van der Waals surface area contributed by atoms with E-state index in [-0.39, 0.29) is 0 Å². The van der Waals surface area contributed by atoms with Crippen LogP contribution in [0.3, 0.4) is 0 Å². The van der Waals surface area contributed by atoms with Crippen molar-refractivity contribution in [1.82, 2.24) is 10.3 Å². The first-order chi connectivity index (χ1) is 6.72. The van der Waals surface area contributed by atoms with Gasteiger partial charge in [0.05, 0.1) is 0 Å². The number of carbonyl (C=O) groups is 1. The molecule has 1 aromatic rings. The highest BCUT2D eigenvalue weighted by atomic mass is 16.4. The molecular formula is C9H9N3O2. The van der Waals surface area contributed by atoms with Gasteiger partial charge in [0.25, 0.3) is 0 Å². The van der Waals surface area contributed by atoms with Crippen LogP contribution in [0.2, 0.25) is 0 Å². The zero-order valence-corrected chi connectivity index (χ0v) is 7.40. The number of nitrogens with one attached hydrogen (secondary N) is 1. The van der Waals surface area contributed by atoms with Crippen molar-refractivity contribution in [3.05, 3.63) is 29.6 Å². The number of hydrogen-bond acceptors (Lipinski definition) is 3. The number of aromatic nitrogens is 1. The molecule has 0 aromatic carbocycles. The fourth-order valence-corrected chi connectivity index (χ4v) is 1.00. The Morgan fingerprint density at radius 1 is 1.71 bits per heavy atom. The van der Waals surface area contributed by atoms with E-state index in [2.05, 4.69) is 10.3 Å². The summed E-state index contributed by atoms with van der Waals surface area (Å²) in [6.07, 6.45) is 1.05. The summed E-state index contributed by atoms with van der Waals surface area (Å²) in [5.41, 5.74) is 1.24. The predicted octanol–water partition coefficient (Wildman–Crippen LogP) is 0.763. The van der Waals surface area contributed by atoms with Gasteiger partial charge in [-0.1, -0.05) is 0 Å². The Balaban J connectivity index is 2.51. The SMILES string of the molecule is N#Cc1cc(CCNC(=O)O)ccn1. The number of carboxylic acid groups (broad SMARTS) is 1. The Morgan fingerprint density at radius 3 is 3.14 bits per heavy atom. The third-order valence-corrected chi connectivity index (χ3v) is 1.63. The third-order valence-electron chi connectivity index (χ3n) is 1.63. The Bertz CT molecular complexity index is 371. The Kier molecular flexibility index (Phi) is 3.44. The van der Waals surface area contributed by atoms with Gasteiger partial charge in [-0.05, 0) is 24.1 Å². The maximum absolute atomic E-state index is 10.1. The normalized spacial score (nSPS) is 9.07. The molecule has 0 fully saturated rings. The molecule has 1 amide bonds. The van der Waals surface area contributed by atoms with E-state index in [9.17, 15) is 4.79 Å². The van der Waals surface area contributed by atoms with E-state index in [0.29, 0.717) is 18.7 Å². The van der Waals surface area contributed by atoms with Crippen LogP contribution in [0, 0.1) is 11.3 Å². The minimum absolute atomic E-state index is 0.338. The average Bonchev–Trinajstić information content (AvgIpc) is 2.18. The maximum atomic E-state index is 10.1. The van der Waals surface area contributed by atoms with Gasteiger partial charge in [-0.25, -0.2) is 9.78 Å². The number of amides is 1. The summed E-state index contributed by atoms with van der Waals surface area (Å²) in [5.74, 6) is 0. The molecule has 5 nitrogen and oxygen atoms in total. The molecule has 0 aliphatic heterocycles. The van der Waals surface area contributed by atoms with Crippen molar-refractivity contribution in [1.29, 1.82) is 5.26 Å². The molecule has 0 bridgehead atoms. The third kappa shape index (κ3) is 3.11. The number of rotatable bonds is 3. The zero-order valence-electron chi connectivity index (χ0n) is 7.40. The second kappa shape index (κ2) is 4.82. The molecule has 1 aromatic heterocycles. The van der Waals surface area contributed by atoms with Gasteiger partial charge in [-0.15, -0.1) is 0 Å². The Hall–Kier alpha value is -2.09. The van der Waals surface area contributed by atoms with Crippen LogP contribution in [0.5, 0.6) is 0 Å².